The molecule has 4 rings (SSSR count). The SMILES string of the molecule is COc1c(-c2cnc(N)o2)c(C(=O)O)cc(-c2ccccc2)c1-c1cnco1. The fraction of sp³-hybridized carbons (Fsp3) is 0.0500. The lowest BCUT2D eigenvalue weighted by molar-refractivity contribution is 0.0697. The van der Waals surface area contributed by atoms with E-state index < -0.39 is 5.97 Å². The molecule has 0 unspecified atom stereocenters. The van der Waals surface area contributed by atoms with Crippen LogP contribution in [-0.4, -0.2) is 28.2 Å². The van der Waals surface area contributed by atoms with Gasteiger partial charge in [0, 0.05) is 0 Å². The van der Waals surface area contributed by atoms with Crippen LogP contribution in [0.15, 0.2) is 64.0 Å². The molecule has 2 aromatic heterocycles. The van der Waals surface area contributed by atoms with Gasteiger partial charge in [-0.25, -0.2) is 14.8 Å². The smallest absolute Gasteiger partial charge is 0.336 e. The van der Waals surface area contributed by atoms with Crippen molar-refractivity contribution in [2.45, 2.75) is 0 Å². The zero-order valence-corrected chi connectivity index (χ0v) is 14.7. The van der Waals surface area contributed by atoms with Gasteiger partial charge < -0.3 is 24.4 Å². The first-order valence-electron chi connectivity index (χ1n) is 8.24. The van der Waals surface area contributed by atoms with Gasteiger partial charge in [0.15, 0.2) is 17.9 Å². The molecular weight excluding hydrogens is 362 g/mol. The molecule has 0 fully saturated rings. The van der Waals surface area contributed by atoms with Gasteiger partial charge in [0.05, 0.1) is 36.2 Å². The van der Waals surface area contributed by atoms with E-state index in [1.54, 1.807) is 6.07 Å². The Bertz CT molecular complexity index is 1130. The molecule has 0 saturated heterocycles. The number of carboxylic acid groups (broad SMARTS) is 1. The number of ether oxygens (including phenoxy) is 1. The fourth-order valence-electron chi connectivity index (χ4n) is 3.11. The van der Waals surface area contributed by atoms with Gasteiger partial charge >= 0.3 is 5.97 Å². The van der Waals surface area contributed by atoms with E-state index in [1.807, 2.05) is 30.3 Å². The molecule has 0 radical (unpaired) electrons. The number of nitrogen functional groups attached to an aromatic ring is 1. The van der Waals surface area contributed by atoms with Crippen LogP contribution < -0.4 is 10.5 Å². The van der Waals surface area contributed by atoms with E-state index in [1.165, 1.54) is 25.9 Å². The summed E-state index contributed by atoms with van der Waals surface area (Å²) in [6.45, 7) is 0. The van der Waals surface area contributed by atoms with E-state index in [0.717, 1.165) is 5.56 Å². The second-order valence-corrected chi connectivity index (χ2v) is 5.85. The predicted molar refractivity (Wildman–Crippen MR) is 101 cm³/mol. The van der Waals surface area contributed by atoms with Crippen molar-refractivity contribution in [1.29, 1.82) is 0 Å². The zero-order valence-electron chi connectivity index (χ0n) is 14.7. The Hall–Kier alpha value is -4.07. The molecule has 3 N–H and O–H groups in total. The second kappa shape index (κ2) is 6.92. The molecule has 0 amide bonds. The highest BCUT2D eigenvalue weighted by atomic mass is 16.5. The van der Waals surface area contributed by atoms with E-state index in [0.29, 0.717) is 16.9 Å². The summed E-state index contributed by atoms with van der Waals surface area (Å²) in [4.78, 5) is 19.9. The highest BCUT2D eigenvalue weighted by Gasteiger charge is 2.28. The monoisotopic (exact) mass is 377 g/mol. The Labute approximate surface area is 159 Å². The molecular formula is C20H15N3O5. The van der Waals surface area contributed by atoms with Gasteiger partial charge in [-0.2, -0.15) is 0 Å². The van der Waals surface area contributed by atoms with E-state index in [2.05, 4.69) is 9.97 Å². The average Bonchev–Trinajstić information content (AvgIpc) is 3.38. The van der Waals surface area contributed by atoms with Crippen molar-refractivity contribution >= 4 is 12.0 Å². The third-order valence-electron chi connectivity index (χ3n) is 4.25. The van der Waals surface area contributed by atoms with Gasteiger partial charge in [-0.3, -0.25) is 0 Å². The molecule has 0 spiro atoms. The molecule has 0 saturated carbocycles. The Morgan fingerprint density at radius 2 is 1.93 bits per heavy atom. The van der Waals surface area contributed by atoms with E-state index in [-0.39, 0.29) is 28.7 Å². The van der Waals surface area contributed by atoms with Gasteiger partial charge in [-0.1, -0.05) is 30.3 Å². The van der Waals surface area contributed by atoms with Crippen molar-refractivity contribution in [2.24, 2.45) is 0 Å². The van der Waals surface area contributed by atoms with E-state index >= 15 is 0 Å². The summed E-state index contributed by atoms with van der Waals surface area (Å²) in [5.74, 6) is -0.301. The lowest BCUT2D eigenvalue weighted by Crippen LogP contribution is -2.04. The summed E-state index contributed by atoms with van der Waals surface area (Å²) in [6.07, 6.45) is 4.18. The quantitative estimate of drug-likeness (QED) is 0.535. The van der Waals surface area contributed by atoms with Gasteiger partial charge in [0.25, 0.3) is 6.01 Å². The molecule has 2 aromatic carbocycles. The maximum Gasteiger partial charge on any atom is 0.336 e. The molecule has 28 heavy (non-hydrogen) atoms. The van der Waals surface area contributed by atoms with Crippen molar-refractivity contribution in [1.82, 2.24) is 9.97 Å². The molecule has 4 aromatic rings. The largest absolute Gasteiger partial charge is 0.495 e. The van der Waals surface area contributed by atoms with Crippen LogP contribution in [0, 0.1) is 0 Å². The van der Waals surface area contributed by atoms with Gasteiger partial charge in [0.2, 0.25) is 0 Å². The predicted octanol–water partition coefficient (Wildman–Crippen LogP) is 3.95. The first-order valence-corrected chi connectivity index (χ1v) is 8.24. The number of oxazole rings is 2. The summed E-state index contributed by atoms with van der Waals surface area (Å²) in [5.41, 5.74) is 7.73. The number of carbonyl (C=O) groups is 1. The summed E-state index contributed by atoms with van der Waals surface area (Å²) >= 11 is 0. The summed E-state index contributed by atoms with van der Waals surface area (Å²) < 4.78 is 16.5. The Morgan fingerprint density at radius 3 is 2.50 bits per heavy atom. The summed E-state index contributed by atoms with van der Waals surface area (Å²) in [7, 11) is 1.44. The number of methoxy groups -OCH3 is 1. The number of benzene rings is 2. The van der Waals surface area contributed by atoms with Crippen molar-refractivity contribution < 1.29 is 23.5 Å². The molecule has 0 aliphatic rings. The maximum absolute atomic E-state index is 12.1. The topological polar surface area (TPSA) is 125 Å². The lowest BCUT2D eigenvalue weighted by Gasteiger charge is -2.18. The maximum atomic E-state index is 12.1. The number of aromatic carboxylic acids is 1. The Balaban J connectivity index is 2.14. The van der Waals surface area contributed by atoms with Crippen LogP contribution in [-0.2, 0) is 0 Å². The molecule has 8 heteroatoms. The molecule has 0 aliphatic heterocycles. The van der Waals surface area contributed by atoms with Gasteiger partial charge in [-0.05, 0) is 17.2 Å². The van der Waals surface area contributed by atoms with Crippen LogP contribution in [0.5, 0.6) is 5.75 Å². The highest BCUT2D eigenvalue weighted by Crippen LogP contribution is 2.47. The van der Waals surface area contributed by atoms with Gasteiger partial charge in [0.1, 0.15) is 5.75 Å². The van der Waals surface area contributed by atoms with Crippen molar-refractivity contribution in [3.8, 4) is 39.5 Å². The van der Waals surface area contributed by atoms with Crippen LogP contribution in [0.4, 0.5) is 6.01 Å². The number of hydrogen-bond acceptors (Lipinski definition) is 7. The Morgan fingerprint density at radius 1 is 1.14 bits per heavy atom. The zero-order chi connectivity index (χ0) is 19.7. The standard InChI is InChI=1S/C20H15N3O5/c1-26-18-16(14-8-22-10-27-14)12(11-5-3-2-4-6-11)7-13(19(24)25)17(18)15-9-23-20(21)28-15/h2-10H,1H3,(H2,21,23)(H,24,25). The molecule has 0 atom stereocenters. The minimum Gasteiger partial charge on any atom is -0.495 e. The minimum atomic E-state index is -1.15. The number of hydrogen-bond donors (Lipinski definition) is 2. The minimum absolute atomic E-state index is 0.0184. The number of carboxylic acids is 1. The number of rotatable bonds is 5. The van der Waals surface area contributed by atoms with Crippen LogP contribution in [0.1, 0.15) is 10.4 Å². The second-order valence-electron chi connectivity index (χ2n) is 5.85. The van der Waals surface area contributed by atoms with Gasteiger partial charge in [-0.15, -0.1) is 0 Å². The van der Waals surface area contributed by atoms with Crippen LogP contribution in [0.25, 0.3) is 33.8 Å². The molecule has 0 bridgehead atoms. The normalized spacial score (nSPS) is 10.8. The van der Waals surface area contributed by atoms with Crippen molar-refractivity contribution in [2.75, 3.05) is 12.8 Å². The summed E-state index contributed by atoms with van der Waals surface area (Å²) in [5, 5.41) is 9.86. The van der Waals surface area contributed by atoms with E-state index in [4.69, 9.17) is 19.3 Å². The first kappa shape index (κ1) is 17.3. The van der Waals surface area contributed by atoms with Crippen molar-refractivity contribution in [3.05, 3.63) is 60.7 Å². The molecule has 2 heterocycles. The fourth-order valence-corrected chi connectivity index (χ4v) is 3.11. The molecule has 0 aliphatic carbocycles. The third kappa shape index (κ3) is 2.86. The number of nitrogens with zero attached hydrogens (tertiary/aromatic N) is 2. The van der Waals surface area contributed by atoms with Crippen LogP contribution in [0.3, 0.4) is 0 Å². The van der Waals surface area contributed by atoms with Crippen molar-refractivity contribution in [3.63, 3.8) is 0 Å². The first-order chi connectivity index (χ1) is 13.6. The van der Waals surface area contributed by atoms with E-state index in [9.17, 15) is 9.90 Å². The van der Waals surface area contributed by atoms with Crippen LogP contribution >= 0.6 is 0 Å². The number of anilines is 1. The molecule has 140 valence electrons. The third-order valence-corrected chi connectivity index (χ3v) is 4.25. The highest BCUT2D eigenvalue weighted by molar-refractivity contribution is 6.03. The van der Waals surface area contributed by atoms with Crippen LogP contribution in [0.2, 0.25) is 0 Å². The summed E-state index contributed by atoms with van der Waals surface area (Å²) in [6, 6.07) is 10.8. The number of nitrogens with two attached hydrogens (primary N) is 1. The number of aromatic nitrogens is 2. The Kier molecular flexibility index (Phi) is 4.29. The average molecular weight is 377 g/mol. The molecule has 8 nitrogen and oxygen atoms in total. The lowest BCUT2D eigenvalue weighted by atomic mass is 9.90.